The Morgan fingerprint density at radius 1 is 0.864 bits per heavy atom. The molecule has 0 spiro atoms. The van der Waals surface area contributed by atoms with Gasteiger partial charge in [-0.1, -0.05) is 36.4 Å². The van der Waals surface area contributed by atoms with Gasteiger partial charge in [0.05, 0.1) is 0 Å². The Hall–Kier alpha value is -2.81. The number of ketones is 1. The maximum absolute atomic E-state index is 12.8. The fourth-order valence-electron chi connectivity index (χ4n) is 3.09. The molecule has 0 unspecified atom stereocenters. The van der Waals surface area contributed by atoms with E-state index >= 15 is 0 Å². The van der Waals surface area contributed by atoms with Crippen molar-refractivity contribution in [3.63, 3.8) is 0 Å². The molecule has 0 heterocycles. The van der Waals surface area contributed by atoms with Crippen LogP contribution in [0.3, 0.4) is 0 Å². The molecule has 0 atom stereocenters. The molecule has 2 aromatic carbocycles. The van der Waals surface area contributed by atoms with E-state index < -0.39 is 0 Å². The van der Waals surface area contributed by atoms with Crippen LogP contribution in [-0.4, -0.2) is 16.0 Å². The van der Waals surface area contributed by atoms with Gasteiger partial charge in [0, 0.05) is 27.8 Å². The van der Waals surface area contributed by atoms with Crippen molar-refractivity contribution in [2.75, 3.05) is 0 Å². The van der Waals surface area contributed by atoms with Crippen molar-refractivity contribution in [2.24, 2.45) is 0 Å². The molecular formula is C19H16O3. The summed E-state index contributed by atoms with van der Waals surface area (Å²) < 4.78 is 0. The molecule has 1 aliphatic rings. The number of fused-ring (bicyclic) bond motifs is 3. The lowest BCUT2D eigenvalue weighted by molar-refractivity contribution is 0.104. The molecule has 3 heteroatoms. The largest absolute Gasteiger partial charge is 0.504 e. The van der Waals surface area contributed by atoms with E-state index in [2.05, 4.69) is 13.2 Å². The average Bonchev–Trinajstić information content (AvgIpc) is 2.82. The van der Waals surface area contributed by atoms with Crippen LogP contribution in [0.1, 0.15) is 27.0 Å². The number of aromatic hydroxyl groups is 2. The molecule has 0 bridgehead atoms. The zero-order valence-electron chi connectivity index (χ0n) is 12.1. The molecule has 3 nitrogen and oxygen atoms in total. The van der Waals surface area contributed by atoms with Crippen molar-refractivity contribution in [2.45, 2.75) is 12.8 Å². The lowest BCUT2D eigenvalue weighted by Gasteiger charge is -2.15. The molecule has 22 heavy (non-hydrogen) atoms. The minimum absolute atomic E-state index is 0.122. The first-order chi connectivity index (χ1) is 10.6. The minimum atomic E-state index is -0.239. The maximum Gasteiger partial charge on any atom is 0.194 e. The summed E-state index contributed by atoms with van der Waals surface area (Å²) in [5.41, 5.74) is 3.52. The molecule has 3 rings (SSSR count). The molecule has 0 radical (unpaired) electrons. The van der Waals surface area contributed by atoms with Gasteiger partial charge in [-0.05, 0) is 18.4 Å². The van der Waals surface area contributed by atoms with Gasteiger partial charge in [-0.3, -0.25) is 4.79 Å². The van der Waals surface area contributed by atoms with Crippen LogP contribution in [-0.2, 0) is 12.8 Å². The highest BCUT2D eigenvalue weighted by molar-refractivity contribution is 6.23. The lowest BCUT2D eigenvalue weighted by Crippen LogP contribution is -2.03. The number of hydrogen-bond acceptors (Lipinski definition) is 3. The SMILES string of the molecule is C=CCc1c(O)c(O)c(CC=C)c2c1C(=O)c1ccccc1-2. The van der Waals surface area contributed by atoms with Crippen molar-refractivity contribution in [1.82, 2.24) is 0 Å². The minimum Gasteiger partial charge on any atom is -0.504 e. The van der Waals surface area contributed by atoms with Crippen LogP contribution in [0.4, 0.5) is 0 Å². The van der Waals surface area contributed by atoms with E-state index in [4.69, 9.17) is 0 Å². The third-order valence-corrected chi connectivity index (χ3v) is 4.01. The second kappa shape index (κ2) is 5.19. The van der Waals surface area contributed by atoms with E-state index in [1.807, 2.05) is 18.2 Å². The summed E-state index contributed by atoms with van der Waals surface area (Å²) in [6.45, 7) is 7.36. The number of carbonyl (C=O) groups is 1. The fraction of sp³-hybridized carbons (Fsp3) is 0.105. The molecule has 0 saturated carbocycles. The van der Waals surface area contributed by atoms with Gasteiger partial charge in [0.2, 0.25) is 0 Å². The number of rotatable bonds is 4. The molecule has 1 aliphatic carbocycles. The number of carbonyl (C=O) groups excluding carboxylic acids is 1. The van der Waals surface area contributed by atoms with Crippen molar-refractivity contribution in [3.8, 4) is 22.6 Å². The summed E-state index contributed by atoms with van der Waals surface area (Å²) in [5.74, 6) is -0.542. The molecule has 0 fully saturated rings. The highest BCUT2D eigenvalue weighted by Crippen LogP contribution is 2.49. The van der Waals surface area contributed by atoms with Crippen LogP contribution in [0.15, 0.2) is 49.6 Å². The van der Waals surface area contributed by atoms with Crippen LogP contribution in [0, 0.1) is 0 Å². The van der Waals surface area contributed by atoms with E-state index in [1.165, 1.54) is 0 Å². The van der Waals surface area contributed by atoms with Gasteiger partial charge in [0.25, 0.3) is 0 Å². The Morgan fingerprint density at radius 2 is 1.36 bits per heavy atom. The molecule has 0 aromatic heterocycles. The predicted octanol–water partition coefficient (Wildman–Crippen LogP) is 3.77. The standard InChI is InChI=1S/C19H16O3/c1-3-7-13-15-11-9-5-6-10-12(11)17(20)16(15)14(8-4-2)19(22)18(13)21/h3-6,9-10,21-22H,1-2,7-8H2. The second-order valence-electron chi connectivity index (χ2n) is 5.26. The normalized spacial score (nSPS) is 11.9. The molecule has 0 aliphatic heterocycles. The Morgan fingerprint density at radius 3 is 1.91 bits per heavy atom. The summed E-state index contributed by atoms with van der Waals surface area (Å²) >= 11 is 0. The Kier molecular flexibility index (Phi) is 3.33. The van der Waals surface area contributed by atoms with E-state index in [0.717, 1.165) is 5.56 Å². The number of benzene rings is 2. The predicted molar refractivity (Wildman–Crippen MR) is 86.4 cm³/mol. The van der Waals surface area contributed by atoms with Gasteiger partial charge in [-0.2, -0.15) is 0 Å². The van der Waals surface area contributed by atoms with E-state index in [-0.39, 0.29) is 17.3 Å². The lowest BCUT2D eigenvalue weighted by atomic mass is 9.90. The highest BCUT2D eigenvalue weighted by atomic mass is 16.3. The topological polar surface area (TPSA) is 57.5 Å². The van der Waals surface area contributed by atoms with Gasteiger partial charge in [-0.25, -0.2) is 0 Å². The van der Waals surface area contributed by atoms with Crippen molar-refractivity contribution >= 4 is 5.78 Å². The fourth-order valence-corrected chi connectivity index (χ4v) is 3.09. The van der Waals surface area contributed by atoms with E-state index in [1.54, 1.807) is 18.2 Å². The number of phenols is 2. The van der Waals surface area contributed by atoms with Crippen molar-refractivity contribution in [1.29, 1.82) is 0 Å². The second-order valence-corrected chi connectivity index (χ2v) is 5.26. The molecule has 0 amide bonds. The molecule has 2 aromatic rings. The third-order valence-electron chi connectivity index (χ3n) is 4.01. The first-order valence-corrected chi connectivity index (χ1v) is 7.07. The Bertz CT molecular complexity index is 816. The number of allylic oxidation sites excluding steroid dienone is 2. The molecular weight excluding hydrogens is 276 g/mol. The van der Waals surface area contributed by atoms with Gasteiger partial charge >= 0.3 is 0 Å². The first-order valence-electron chi connectivity index (χ1n) is 7.07. The van der Waals surface area contributed by atoms with Crippen LogP contribution in [0.25, 0.3) is 11.1 Å². The Labute approximate surface area is 128 Å². The van der Waals surface area contributed by atoms with Gasteiger partial charge in [-0.15, -0.1) is 13.2 Å². The number of hydrogen-bond donors (Lipinski definition) is 2. The number of phenolic OH excluding ortho intramolecular Hbond substituents is 2. The third kappa shape index (κ3) is 1.79. The van der Waals surface area contributed by atoms with Crippen LogP contribution in [0.2, 0.25) is 0 Å². The summed E-state index contributed by atoms with van der Waals surface area (Å²) in [6, 6.07) is 7.29. The summed E-state index contributed by atoms with van der Waals surface area (Å²) in [7, 11) is 0. The Balaban J connectivity index is 2.45. The zero-order valence-corrected chi connectivity index (χ0v) is 12.1. The van der Waals surface area contributed by atoms with Crippen LogP contribution >= 0.6 is 0 Å². The van der Waals surface area contributed by atoms with E-state index in [0.29, 0.717) is 40.7 Å². The van der Waals surface area contributed by atoms with Crippen molar-refractivity contribution in [3.05, 3.63) is 71.8 Å². The first kappa shape index (κ1) is 14.1. The average molecular weight is 292 g/mol. The maximum atomic E-state index is 12.8. The van der Waals surface area contributed by atoms with E-state index in [9.17, 15) is 15.0 Å². The van der Waals surface area contributed by atoms with Gasteiger partial charge in [0.1, 0.15) is 0 Å². The molecule has 2 N–H and O–H groups in total. The zero-order chi connectivity index (χ0) is 15.9. The van der Waals surface area contributed by atoms with Crippen LogP contribution < -0.4 is 0 Å². The van der Waals surface area contributed by atoms with Gasteiger partial charge < -0.3 is 10.2 Å². The highest BCUT2D eigenvalue weighted by Gasteiger charge is 2.34. The van der Waals surface area contributed by atoms with Crippen molar-refractivity contribution < 1.29 is 15.0 Å². The summed E-state index contributed by atoms with van der Waals surface area (Å²) in [6.07, 6.45) is 3.94. The summed E-state index contributed by atoms with van der Waals surface area (Å²) in [4.78, 5) is 12.8. The summed E-state index contributed by atoms with van der Waals surface area (Å²) in [5, 5.41) is 20.7. The van der Waals surface area contributed by atoms with Crippen LogP contribution in [0.5, 0.6) is 11.5 Å². The quantitative estimate of drug-likeness (QED) is 0.568. The monoisotopic (exact) mass is 292 g/mol. The smallest absolute Gasteiger partial charge is 0.194 e. The molecule has 0 saturated heterocycles. The molecule has 110 valence electrons. The van der Waals surface area contributed by atoms with Gasteiger partial charge in [0.15, 0.2) is 17.3 Å².